The van der Waals surface area contributed by atoms with E-state index in [0.717, 1.165) is 17.8 Å². The number of aliphatic hydroxyl groups excluding tert-OH is 1. The lowest BCUT2D eigenvalue weighted by molar-refractivity contribution is -0.162. The zero-order valence-corrected chi connectivity index (χ0v) is 20.9. The molecule has 0 radical (unpaired) electrons. The number of benzene rings is 2. The number of nitrogens with zero attached hydrogens (tertiary/aromatic N) is 2. The maximum Gasteiger partial charge on any atom is 0.351 e. The Morgan fingerprint density at radius 1 is 1.18 bits per heavy atom. The molecular weight excluding hydrogens is 518 g/mol. The van der Waals surface area contributed by atoms with Gasteiger partial charge < -0.3 is 29.8 Å². The zero-order chi connectivity index (χ0) is 28.0. The molecule has 1 aliphatic heterocycles. The van der Waals surface area contributed by atoms with Crippen molar-refractivity contribution >= 4 is 11.8 Å². The summed E-state index contributed by atoms with van der Waals surface area (Å²) in [7, 11) is 0. The zero-order valence-electron chi connectivity index (χ0n) is 20.9. The van der Waals surface area contributed by atoms with Gasteiger partial charge in [-0.2, -0.15) is 13.8 Å². The van der Waals surface area contributed by atoms with Gasteiger partial charge in [0.1, 0.15) is 30.3 Å². The molecule has 11 nitrogen and oxygen atoms in total. The van der Waals surface area contributed by atoms with Crippen LogP contribution in [0.5, 0.6) is 5.75 Å². The highest BCUT2D eigenvalue weighted by atomic mass is 19.3. The lowest BCUT2D eigenvalue weighted by atomic mass is 10.1. The van der Waals surface area contributed by atoms with Gasteiger partial charge in [0, 0.05) is 6.20 Å². The van der Waals surface area contributed by atoms with Crippen LogP contribution in [0, 0.1) is 0 Å². The van der Waals surface area contributed by atoms with Gasteiger partial charge in [-0.3, -0.25) is 9.36 Å². The third-order valence-electron chi connectivity index (χ3n) is 5.85. The van der Waals surface area contributed by atoms with Crippen molar-refractivity contribution in [2.45, 2.75) is 50.3 Å². The molecule has 2 unspecified atom stereocenters. The van der Waals surface area contributed by atoms with E-state index in [1.165, 1.54) is 6.92 Å². The summed E-state index contributed by atoms with van der Waals surface area (Å²) in [5.74, 6) is -4.26. The minimum Gasteiger partial charge on any atom is -0.460 e. The molecule has 0 bridgehead atoms. The number of alkyl halides is 2. The topological polar surface area (TPSA) is 147 Å². The van der Waals surface area contributed by atoms with E-state index in [1.54, 1.807) is 42.5 Å². The highest BCUT2D eigenvalue weighted by molar-refractivity contribution is 5.75. The number of halogens is 2. The lowest BCUT2D eigenvalue weighted by Crippen LogP contribution is -2.48. The largest absolute Gasteiger partial charge is 0.460 e. The van der Waals surface area contributed by atoms with Crippen molar-refractivity contribution in [2.75, 3.05) is 12.3 Å². The molecule has 5 atom stereocenters. The molecule has 4 rings (SSSR count). The Balaban J connectivity index is 1.42. The summed E-state index contributed by atoms with van der Waals surface area (Å²) >= 11 is 0. The van der Waals surface area contributed by atoms with Gasteiger partial charge in [-0.1, -0.05) is 48.5 Å². The molecule has 0 saturated carbocycles. The van der Waals surface area contributed by atoms with Crippen molar-refractivity contribution in [3.63, 3.8) is 0 Å². The van der Waals surface area contributed by atoms with E-state index in [9.17, 15) is 23.5 Å². The molecule has 1 aromatic heterocycles. The average molecular weight is 547 g/mol. The van der Waals surface area contributed by atoms with E-state index in [1.807, 2.05) is 18.2 Å². The molecule has 1 saturated heterocycles. The van der Waals surface area contributed by atoms with E-state index in [-0.39, 0.29) is 12.4 Å². The van der Waals surface area contributed by atoms with Crippen molar-refractivity contribution in [2.24, 2.45) is 0 Å². The Morgan fingerprint density at radius 2 is 1.85 bits per heavy atom. The second-order valence-electron chi connectivity index (χ2n) is 8.77. The average Bonchev–Trinajstić information content (AvgIpc) is 3.15. The van der Waals surface area contributed by atoms with Gasteiger partial charge in [0.05, 0.1) is 6.61 Å². The first-order chi connectivity index (χ1) is 18.6. The van der Waals surface area contributed by atoms with Crippen molar-refractivity contribution in [3.05, 3.63) is 89.0 Å². The number of rotatable bonds is 11. The predicted molar refractivity (Wildman–Crippen MR) is 133 cm³/mol. The summed E-state index contributed by atoms with van der Waals surface area (Å²) in [6.45, 7) is 0.985. The third-order valence-corrected chi connectivity index (χ3v) is 5.85. The van der Waals surface area contributed by atoms with Crippen LogP contribution >= 0.6 is 0 Å². The van der Waals surface area contributed by atoms with Gasteiger partial charge in [-0.15, -0.1) is 0 Å². The number of nitrogens with one attached hydrogen (secondary N) is 1. The minimum absolute atomic E-state index is 0.0503. The van der Waals surface area contributed by atoms with Crippen LogP contribution in [0.25, 0.3) is 0 Å². The van der Waals surface area contributed by atoms with Gasteiger partial charge in [0.25, 0.3) is 6.41 Å². The summed E-state index contributed by atoms with van der Waals surface area (Å²) in [6, 6.07) is 17.7. The highest BCUT2D eigenvalue weighted by Gasteiger charge is 2.59. The molecule has 2 heterocycles. The standard InChI is InChI=1S/C26H28F2N4O7/c1-16(22(34)36-14-17-8-4-2-5-9-17)30-25(38-18-10-6-3-7-11-18)37-15-19-21(33)26(27,28)23(39-19)32-13-12-20(29)31-24(32)35/h2-13,16,19,21,23,25,30,33H,14-15H2,1H3,(H2,29,31,35)/t16-,19?,21?,23+,25+/m0/s1. The molecule has 0 amide bonds. The van der Waals surface area contributed by atoms with Gasteiger partial charge in [0.15, 0.2) is 6.10 Å². The molecule has 2 aromatic carbocycles. The Kier molecular flexibility index (Phi) is 8.86. The number of carbonyl (C=O) groups excluding carboxylic acids is 1. The Hall–Kier alpha value is -3.91. The van der Waals surface area contributed by atoms with Crippen LogP contribution in [-0.4, -0.2) is 57.8 Å². The summed E-state index contributed by atoms with van der Waals surface area (Å²) in [5.41, 5.74) is 5.16. The van der Waals surface area contributed by atoms with Crippen LogP contribution in [0.15, 0.2) is 77.7 Å². The van der Waals surface area contributed by atoms with Crippen molar-refractivity contribution < 1.29 is 37.6 Å². The monoisotopic (exact) mass is 546 g/mol. The number of para-hydroxylation sites is 1. The number of hydrogen-bond acceptors (Lipinski definition) is 10. The van der Waals surface area contributed by atoms with Crippen LogP contribution in [0.4, 0.5) is 14.6 Å². The second-order valence-corrected chi connectivity index (χ2v) is 8.77. The third kappa shape index (κ3) is 6.95. The summed E-state index contributed by atoms with van der Waals surface area (Å²) in [5, 5.41) is 13.1. The fraction of sp³-hybridized carbons (Fsp3) is 0.346. The van der Waals surface area contributed by atoms with E-state index in [0.29, 0.717) is 10.3 Å². The highest BCUT2D eigenvalue weighted by Crippen LogP contribution is 2.42. The lowest BCUT2D eigenvalue weighted by Gasteiger charge is -2.25. The smallest absolute Gasteiger partial charge is 0.351 e. The number of ether oxygens (including phenoxy) is 4. The van der Waals surface area contributed by atoms with Crippen molar-refractivity contribution in [1.29, 1.82) is 0 Å². The number of anilines is 1. The number of carbonyl (C=O) groups is 1. The van der Waals surface area contributed by atoms with E-state index in [4.69, 9.17) is 24.7 Å². The normalized spacial score (nSPS) is 21.7. The molecule has 39 heavy (non-hydrogen) atoms. The molecular formula is C26H28F2N4O7. The summed E-state index contributed by atoms with van der Waals surface area (Å²) in [6.07, 6.45) is -6.34. The van der Waals surface area contributed by atoms with E-state index in [2.05, 4.69) is 10.3 Å². The maximum absolute atomic E-state index is 14.9. The van der Waals surface area contributed by atoms with Crippen LogP contribution in [0.1, 0.15) is 18.7 Å². The van der Waals surface area contributed by atoms with Gasteiger partial charge in [-0.05, 0) is 30.7 Å². The molecule has 4 N–H and O–H groups in total. The number of hydrogen-bond donors (Lipinski definition) is 3. The molecule has 1 aliphatic rings. The Morgan fingerprint density at radius 3 is 2.51 bits per heavy atom. The van der Waals surface area contributed by atoms with Gasteiger partial charge in [-0.25, -0.2) is 10.1 Å². The van der Waals surface area contributed by atoms with Crippen LogP contribution in [0.2, 0.25) is 0 Å². The second kappa shape index (κ2) is 12.3. The molecule has 13 heteroatoms. The van der Waals surface area contributed by atoms with Crippen molar-refractivity contribution in [1.82, 2.24) is 14.9 Å². The molecule has 0 aliphatic carbocycles. The quantitative estimate of drug-likeness (QED) is 0.240. The number of nitrogen functional groups attached to an aromatic ring is 1. The molecule has 3 aromatic rings. The van der Waals surface area contributed by atoms with Gasteiger partial charge in [0.2, 0.25) is 6.23 Å². The SMILES string of the molecule is C[C@H](N[C@H](OCC1O[C@@H](n2ccc(N)nc2=O)C(F)(F)C1O)Oc1ccccc1)C(=O)OCc1ccccc1. The van der Waals surface area contributed by atoms with Crippen LogP contribution in [-0.2, 0) is 25.6 Å². The fourth-order valence-corrected chi connectivity index (χ4v) is 3.76. The molecule has 0 spiro atoms. The van der Waals surface area contributed by atoms with Gasteiger partial charge >= 0.3 is 17.6 Å². The van der Waals surface area contributed by atoms with Crippen LogP contribution < -0.4 is 21.5 Å². The Labute approximate surface area is 222 Å². The molecule has 208 valence electrons. The predicted octanol–water partition coefficient (Wildman–Crippen LogP) is 1.82. The number of esters is 1. The number of aliphatic hydroxyl groups is 1. The summed E-state index contributed by atoms with van der Waals surface area (Å²) < 4.78 is 52.3. The van der Waals surface area contributed by atoms with Crippen molar-refractivity contribution in [3.8, 4) is 5.75 Å². The first-order valence-corrected chi connectivity index (χ1v) is 12.0. The first-order valence-electron chi connectivity index (χ1n) is 12.0. The first kappa shape index (κ1) is 28.1. The summed E-state index contributed by atoms with van der Waals surface area (Å²) in [4.78, 5) is 28.1. The molecule has 1 fully saturated rings. The maximum atomic E-state index is 14.9. The number of aromatic nitrogens is 2. The van der Waals surface area contributed by atoms with E-state index >= 15 is 0 Å². The van der Waals surface area contributed by atoms with Crippen LogP contribution in [0.3, 0.4) is 0 Å². The fourth-order valence-electron chi connectivity index (χ4n) is 3.76. The minimum atomic E-state index is -3.85. The Bertz CT molecular complexity index is 1300. The number of nitrogens with two attached hydrogens (primary N) is 1. The van der Waals surface area contributed by atoms with E-state index < -0.39 is 55.1 Å².